The predicted molar refractivity (Wildman–Crippen MR) is 92.6 cm³/mol. The number of carbonyl (C=O) groups is 1. The maximum absolute atomic E-state index is 12.6. The molecule has 0 saturated heterocycles. The van der Waals surface area contributed by atoms with Gasteiger partial charge in [-0.3, -0.25) is 14.9 Å². The van der Waals surface area contributed by atoms with E-state index < -0.39 is 14.9 Å². The minimum Gasteiger partial charge on any atom is -0.342 e. The molecule has 1 saturated carbocycles. The van der Waals surface area contributed by atoms with Crippen LogP contribution in [-0.2, 0) is 14.8 Å². The molecule has 1 amide bonds. The summed E-state index contributed by atoms with van der Waals surface area (Å²) >= 11 is 0. The molecule has 0 bridgehead atoms. The monoisotopic (exact) mass is 369 g/mol. The summed E-state index contributed by atoms with van der Waals surface area (Å²) in [5, 5.41) is 10.8. The summed E-state index contributed by atoms with van der Waals surface area (Å²) < 4.78 is 26.1. The molecule has 1 aromatic carbocycles. The first-order valence-corrected chi connectivity index (χ1v) is 9.64. The van der Waals surface area contributed by atoms with Crippen molar-refractivity contribution in [2.24, 2.45) is 0 Å². The molecule has 0 N–H and O–H groups in total. The van der Waals surface area contributed by atoms with Crippen LogP contribution in [0.1, 0.15) is 32.1 Å². The predicted octanol–water partition coefficient (Wildman–Crippen LogP) is 2.01. The molecule has 1 aliphatic carbocycles. The normalized spacial score (nSPS) is 16.0. The van der Waals surface area contributed by atoms with Gasteiger partial charge in [0.2, 0.25) is 15.9 Å². The summed E-state index contributed by atoms with van der Waals surface area (Å²) in [4.78, 5) is 24.0. The summed E-state index contributed by atoms with van der Waals surface area (Å²) in [5.74, 6) is -0.275. The van der Waals surface area contributed by atoms with Crippen molar-refractivity contribution in [3.05, 3.63) is 34.4 Å². The highest BCUT2D eigenvalue weighted by molar-refractivity contribution is 7.89. The number of likely N-dealkylation sites (N-methyl/N-ethyl adjacent to an activating group) is 2. The smallest absolute Gasteiger partial charge is 0.270 e. The molecule has 0 aromatic heterocycles. The fourth-order valence-electron chi connectivity index (χ4n) is 3.00. The molecule has 1 aromatic rings. The lowest BCUT2D eigenvalue weighted by Crippen LogP contribution is -2.44. The fraction of sp³-hybridized carbons (Fsp3) is 0.562. The second kappa shape index (κ2) is 7.92. The molecule has 9 heteroatoms. The van der Waals surface area contributed by atoms with Gasteiger partial charge < -0.3 is 4.90 Å². The lowest BCUT2D eigenvalue weighted by molar-refractivity contribution is -0.385. The average Bonchev–Trinajstić information content (AvgIpc) is 2.61. The van der Waals surface area contributed by atoms with Crippen molar-refractivity contribution in [2.45, 2.75) is 43.0 Å². The van der Waals surface area contributed by atoms with Gasteiger partial charge in [0.1, 0.15) is 0 Å². The molecule has 25 heavy (non-hydrogen) atoms. The van der Waals surface area contributed by atoms with Gasteiger partial charge in [0.05, 0.1) is 16.4 Å². The van der Waals surface area contributed by atoms with E-state index in [1.54, 1.807) is 11.9 Å². The molecule has 0 spiro atoms. The van der Waals surface area contributed by atoms with Crippen molar-refractivity contribution < 1.29 is 18.1 Å². The van der Waals surface area contributed by atoms with Crippen LogP contribution in [0.15, 0.2) is 29.2 Å². The lowest BCUT2D eigenvalue weighted by Gasteiger charge is -2.32. The van der Waals surface area contributed by atoms with Gasteiger partial charge in [-0.1, -0.05) is 25.3 Å². The number of nitro groups is 1. The van der Waals surface area contributed by atoms with Gasteiger partial charge in [0, 0.05) is 32.3 Å². The summed E-state index contributed by atoms with van der Waals surface area (Å²) in [5.41, 5.74) is -0.305. The van der Waals surface area contributed by atoms with Gasteiger partial charge in [0.25, 0.3) is 5.69 Å². The molecule has 1 fully saturated rings. The molecular weight excluding hydrogens is 346 g/mol. The first kappa shape index (κ1) is 19.3. The third-order valence-electron chi connectivity index (χ3n) is 4.61. The molecule has 0 radical (unpaired) electrons. The van der Waals surface area contributed by atoms with Crippen LogP contribution in [0.4, 0.5) is 5.69 Å². The number of non-ortho nitro benzene ring substituents is 1. The van der Waals surface area contributed by atoms with Crippen LogP contribution >= 0.6 is 0 Å². The van der Waals surface area contributed by atoms with Crippen molar-refractivity contribution in [1.82, 2.24) is 9.21 Å². The van der Waals surface area contributed by atoms with Gasteiger partial charge in [-0.25, -0.2) is 8.42 Å². The van der Waals surface area contributed by atoms with E-state index in [4.69, 9.17) is 0 Å². The molecule has 1 aliphatic rings. The van der Waals surface area contributed by atoms with E-state index in [2.05, 4.69) is 0 Å². The zero-order valence-corrected chi connectivity index (χ0v) is 15.2. The number of nitrogens with zero attached hydrogens (tertiary/aromatic N) is 3. The Balaban J connectivity index is 2.10. The molecule has 8 nitrogen and oxygen atoms in total. The third-order valence-corrected chi connectivity index (χ3v) is 6.41. The van der Waals surface area contributed by atoms with Crippen LogP contribution in [0.5, 0.6) is 0 Å². The van der Waals surface area contributed by atoms with Crippen LogP contribution in [0.2, 0.25) is 0 Å². The van der Waals surface area contributed by atoms with Crippen molar-refractivity contribution >= 4 is 21.6 Å². The Bertz CT molecular complexity index is 744. The maximum atomic E-state index is 12.6. The molecule has 0 atom stereocenters. The first-order chi connectivity index (χ1) is 11.7. The highest BCUT2D eigenvalue weighted by Crippen LogP contribution is 2.23. The summed E-state index contributed by atoms with van der Waals surface area (Å²) in [6.07, 6.45) is 5.18. The largest absolute Gasteiger partial charge is 0.342 e. The van der Waals surface area contributed by atoms with Crippen molar-refractivity contribution in [1.29, 1.82) is 0 Å². The second-order valence-electron chi connectivity index (χ2n) is 6.31. The third kappa shape index (κ3) is 4.55. The Hall–Kier alpha value is -2.00. The Morgan fingerprint density at radius 1 is 1.24 bits per heavy atom. The highest BCUT2D eigenvalue weighted by atomic mass is 32.2. The molecule has 2 rings (SSSR count). The molecular formula is C16H23N3O5S. The van der Waals surface area contributed by atoms with Gasteiger partial charge in [-0.15, -0.1) is 0 Å². The van der Waals surface area contributed by atoms with Crippen LogP contribution < -0.4 is 0 Å². The fourth-order valence-corrected chi connectivity index (χ4v) is 4.16. The zero-order valence-electron chi connectivity index (χ0n) is 14.4. The number of nitro benzene ring substituents is 1. The topological polar surface area (TPSA) is 101 Å². The van der Waals surface area contributed by atoms with Gasteiger partial charge in [0.15, 0.2) is 0 Å². The Kier molecular flexibility index (Phi) is 6.12. The average molecular weight is 369 g/mol. The number of sulfonamides is 1. The minimum atomic E-state index is -3.97. The Labute approximate surface area is 147 Å². The molecule has 138 valence electrons. The summed E-state index contributed by atoms with van der Waals surface area (Å²) in [7, 11) is -0.966. The van der Waals surface area contributed by atoms with Crippen LogP contribution in [-0.4, -0.2) is 55.1 Å². The van der Waals surface area contributed by atoms with Crippen molar-refractivity contribution in [3.8, 4) is 0 Å². The van der Waals surface area contributed by atoms with Gasteiger partial charge >= 0.3 is 0 Å². The molecule has 0 heterocycles. The number of benzene rings is 1. The SMILES string of the molecule is CN(C(=O)CN(C)S(=O)(=O)c1cccc([N+](=O)[O-])c1)C1CCCCC1. The number of carbonyl (C=O) groups excluding carboxylic acids is 1. The number of amides is 1. The van der Waals surface area contributed by atoms with Crippen molar-refractivity contribution in [2.75, 3.05) is 20.6 Å². The lowest BCUT2D eigenvalue weighted by atomic mass is 9.94. The van der Waals surface area contributed by atoms with E-state index in [1.165, 1.54) is 31.7 Å². The number of hydrogen-bond acceptors (Lipinski definition) is 5. The van der Waals surface area contributed by atoms with E-state index in [-0.39, 0.29) is 29.1 Å². The zero-order chi connectivity index (χ0) is 18.6. The summed E-state index contributed by atoms with van der Waals surface area (Å²) in [6.45, 7) is -0.294. The quantitative estimate of drug-likeness (QED) is 0.564. The standard InChI is InChI=1S/C16H23N3O5S/c1-17(12-16(20)18(2)13-7-4-3-5-8-13)25(23,24)15-10-6-9-14(11-15)19(21)22/h6,9-11,13H,3-5,7-8,12H2,1-2H3. The summed E-state index contributed by atoms with van der Waals surface area (Å²) in [6, 6.07) is 4.97. The Morgan fingerprint density at radius 2 is 1.88 bits per heavy atom. The van der Waals surface area contributed by atoms with E-state index in [0.29, 0.717) is 0 Å². The van der Waals surface area contributed by atoms with E-state index in [9.17, 15) is 23.3 Å². The first-order valence-electron chi connectivity index (χ1n) is 8.20. The number of rotatable bonds is 6. The second-order valence-corrected chi connectivity index (χ2v) is 8.36. The van der Waals surface area contributed by atoms with Gasteiger partial charge in [-0.05, 0) is 18.9 Å². The number of hydrogen-bond donors (Lipinski definition) is 0. The molecule has 0 aliphatic heterocycles. The van der Waals surface area contributed by atoms with Gasteiger partial charge in [-0.2, -0.15) is 4.31 Å². The van der Waals surface area contributed by atoms with Crippen molar-refractivity contribution in [3.63, 3.8) is 0 Å². The highest BCUT2D eigenvalue weighted by Gasteiger charge is 2.28. The van der Waals surface area contributed by atoms with E-state index in [1.807, 2.05) is 0 Å². The van der Waals surface area contributed by atoms with E-state index in [0.717, 1.165) is 36.1 Å². The van der Waals surface area contributed by atoms with Crippen LogP contribution in [0, 0.1) is 10.1 Å². The molecule has 0 unspecified atom stereocenters. The van der Waals surface area contributed by atoms with Crippen LogP contribution in [0.3, 0.4) is 0 Å². The Morgan fingerprint density at radius 3 is 2.48 bits per heavy atom. The maximum Gasteiger partial charge on any atom is 0.270 e. The van der Waals surface area contributed by atoms with Crippen LogP contribution in [0.25, 0.3) is 0 Å². The minimum absolute atomic E-state index is 0.148. The van der Waals surface area contributed by atoms with E-state index >= 15 is 0 Å².